The van der Waals surface area contributed by atoms with E-state index in [1.807, 2.05) is 6.07 Å². The summed E-state index contributed by atoms with van der Waals surface area (Å²) in [4.78, 5) is 19.1. The summed E-state index contributed by atoms with van der Waals surface area (Å²) >= 11 is 24.6. The van der Waals surface area contributed by atoms with Crippen LogP contribution in [0.4, 0.5) is 10.5 Å². The van der Waals surface area contributed by atoms with Crippen LogP contribution in [0, 0.1) is 0 Å². The summed E-state index contributed by atoms with van der Waals surface area (Å²) in [6, 6.07) is 11.2. The molecule has 0 aliphatic carbocycles. The van der Waals surface area contributed by atoms with Crippen LogP contribution in [0.3, 0.4) is 0 Å². The Balaban J connectivity index is 1.82. The molecule has 1 N–H and O–H groups in total. The number of benzene rings is 2. The molecule has 172 valence electrons. The Morgan fingerprint density at radius 2 is 1.64 bits per heavy atom. The molecule has 1 unspecified atom stereocenters. The van der Waals surface area contributed by atoms with Crippen molar-refractivity contribution in [2.45, 2.75) is 12.5 Å². The molecule has 0 saturated heterocycles. The number of amides is 2. The van der Waals surface area contributed by atoms with Gasteiger partial charge < -0.3 is 19.7 Å². The minimum atomic E-state index is -0.515. The fourth-order valence-electron chi connectivity index (χ4n) is 4.02. The van der Waals surface area contributed by atoms with Crippen molar-refractivity contribution >= 4 is 58.1 Å². The summed E-state index contributed by atoms with van der Waals surface area (Å²) in [6.07, 6.45) is 0.596. The Hall–Kier alpha value is -2.38. The number of hydrogen-bond donors (Lipinski definition) is 1. The maximum absolute atomic E-state index is 13.5. The van der Waals surface area contributed by atoms with Gasteiger partial charge in [0, 0.05) is 33.9 Å². The molecule has 0 saturated carbocycles. The van der Waals surface area contributed by atoms with Gasteiger partial charge in [-0.05, 0) is 53.9 Å². The van der Waals surface area contributed by atoms with Gasteiger partial charge in [0.25, 0.3) is 0 Å². The Morgan fingerprint density at radius 1 is 0.970 bits per heavy atom. The molecule has 0 spiro atoms. The normalized spacial score (nSPS) is 15.1. The van der Waals surface area contributed by atoms with Gasteiger partial charge in [0.2, 0.25) is 0 Å². The molecule has 33 heavy (non-hydrogen) atoms. The van der Waals surface area contributed by atoms with Crippen LogP contribution < -0.4 is 14.8 Å². The summed E-state index contributed by atoms with van der Waals surface area (Å²) < 4.78 is 11.1. The molecule has 2 amide bonds. The molecule has 0 radical (unpaired) electrons. The highest BCUT2D eigenvalue weighted by molar-refractivity contribution is 6.34. The standard InChI is InChI=1S/C23H19Cl4N3O3/c1-32-17-7-12-3-4-30(23(31)28-16-9-19(26)29-20(27)10-16)22(21(12)18(11-17)33-2)13-5-14(24)8-15(25)6-13/h5-11,22H,3-4H2,1-2H3,(H,28,29,31). The van der Waals surface area contributed by atoms with Gasteiger partial charge in [0.15, 0.2) is 0 Å². The van der Waals surface area contributed by atoms with Crippen molar-refractivity contribution in [1.82, 2.24) is 9.88 Å². The van der Waals surface area contributed by atoms with Crippen LogP contribution in [0.1, 0.15) is 22.7 Å². The first kappa shape index (κ1) is 23.8. The molecule has 2 heterocycles. The monoisotopic (exact) mass is 525 g/mol. The zero-order chi connectivity index (χ0) is 23.7. The van der Waals surface area contributed by atoms with E-state index in [1.54, 1.807) is 43.4 Å². The Morgan fingerprint density at radius 3 is 2.24 bits per heavy atom. The Kier molecular flexibility index (Phi) is 7.10. The summed E-state index contributed by atoms with van der Waals surface area (Å²) in [5.74, 6) is 1.27. The largest absolute Gasteiger partial charge is 0.497 e. The van der Waals surface area contributed by atoms with E-state index in [4.69, 9.17) is 55.9 Å². The van der Waals surface area contributed by atoms with Crippen LogP contribution in [0.2, 0.25) is 20.4 Å². The van der Waals surface area contributed by atoms with Gasteiger partial charge in [0.05, 0.1) is 20.3 Å². The first-order valence-corrected chi connectivity index (χ1v) is 11.4. The minimum Gasteiger partial charge on any atom is -0.497 e. The number of nitrogens with zero attached hydrogens (tertiary/aromatic N) is 2. The van der Waals surface area contributed by atoms with E-state index in [9.17, 15) is 4.79 Å². The Labute approximate surface area is 211 Å². The van der Waals surface area contributed by atoms with Crippen LogP contribution in [0.15, 0.2) is 42.5 Å². The zero-order valence-corrected chi connectivity index (χ0v) is 20.7. The molecule has 0 fully saturated rings. The minimum absolute atomic E-state index is 0.175. The highest BCUT2D eigenvalue weighted by atomic mass is 35.5. The van der Waals surface area contributed by atoms with E-state index >= 15 is 0 Å². The molecule has 4 rings (SSSR count). The van der Waals surface area contributed by atoms with E-state index in [0.717, 1.165) is 16.7 Å². The molecule has 3 aromatic rings. The average molecular weight is 527 g/mol. The van der Waals surface area contributed by atoms with Crippen LogP contribution in [-0.4, -0.2) is 36.7 Å². The van der Waals surface area contributed by atoms with E-state index in [2.05, 4.69) is 10.3 Å². The fraction of sp³-hybridized carbons (Fsp3) is 0.217. The molecule has 1 atom stereocenters. The number of urea groups is 1. The van der Waals surface area contributed by atoms with Crippen LogP contribution in [-0.2, 0) is 6.42 Å². The van der Waals surface area contributed by atoms with Gasteiger partial charge in [-0.3, -0.25) is 0 Å². The number of anilines is 1. The number of pyridine rings is 1. The van der Waals surface area contributed by atoms with Crippen molar-refractivity contribution in [1.29, 1.82) is 0 Å². The molecule has 1 aliphatic rings. The quantitative estimate of drug-likeness (QED) is 0.376. The zero-order valence-electron chi connectivity index (χ0n) is 17.7. The van der Waals surface area contributed by atoms with E-state index < -0.39 is 6.04 Å². The fourth-order valence-corrected chi connectivity index (χ4v) is 5.02. The molecule has 1 aliphatic heterocycles. The van der Waals surface area contributed by atoms with Gasteiger partial charge >= 0.3 is 6.03 Å². The first-order valence-electron chi connectivity index (χ1n) is 9.90. The number of ether oxygens (including phenoxy) is 2. The van der Waals surface area contributed by atoms with Crippen molar-refractivity contribution in [2.24, 2.45) is 0 Å². The molecule has 10 heteroatoms. The number of rotatable bonds is 4. The third kappa shape index (κ3) is 5.09. The predicted octanol–water partition coefficient (Wildman–Crippen LogP) is 6.89. The lowest BCUT2D eigenvalue weighted by Gasteiger charge is -2.38. The lowest BCUT2D eigenvalue weighted by atomic mass is 9.87. The maximum Gasteiger partial charge on any atom is 0.322 e. The van der Waals surface area contributed by atoms with Gasteiger partial charge in [0.1, 0.15) is 21.8 Å². The van der Waals surface area contributed by atoms with Gasteiger partial charge in [-0.1, -0.05) is 46.4 Å². The van der Waals surface area contributed by atoms with Crippen molar-refractivity contribution in [3.8, 4) is 11.5 Å². The molecule has 6 nitrogen and oxygen atoms in total. The molecule has 0 bridgehead atoms. The SMILES string of the molecule is COc1cc2c(c(OC)c1)C(c1cc(Cl)cc(Cl)c1)N(C(=O)Nc1cc(Cl)nc(Cl)c1)CC2. The number of carbonyl (C=O) groups is 1. The number of carbonyl (C=O) groups excluding carboxylic acids is 1. The number of aromatic nitrogens is 1. The predicted molar refractivity (Wildman–Crippen MR) is 132 cm³/mol. The topological polar surface area (TPSA) is 63.7 Å². The smallest absolute Gasteiger partial charge is 0.322 e. The molecule has 1 aromatic heterocycles. The molecular weight excluding hydrogens is 508 g/mol. The summed E-state index contributed by atoms with van der Waals surface area (Å²) in [5, 5.41) is 4.14. The van der Waals surface area contributed by atoms with Crippen molar-refractivity contribution in [3.05, 3.63) is 79.5 Å². The van der Waals surface area contributed by atoms with Gasteiger partial charge in [-0.15, -0.1) is 0 Å². The van der Waals surface area contributed by atoms with Crippen LogP contribution >= 0.6 is 46.4 Å². The van der Waals surface area contributed by atoms with Gasteiger partial charge in [-0.25, -0.2) is 9.78 Å². The lowest BCUT2D eigenvalue weighted by Crippen LogP contribution is -2.43. The Bertz CT molecular complexity index is 1160. The highest BCUT2D eigenvalue weighted by Crippen LogP contribution is 2.44. The number of nitrogens with one attached hydrogen (secondary N) is 1. The maximum atomic E-state index is 13.5. The van der Waals surface area contributed by atoms with Crippen molar-refractivity contribution in [3.63, 3.8) is 0 Å². The lowest BCUT2D eigenvalue weighted by molar-refractivity contribution is 0.192. The number of fused-ring (bicyclic) bond motifs is 1. The second kappa shape index (κ2) is 9.85. The van der Waals surface area contributed by atoms with Gasteiger partial charge in [-0.2, -0.15) is 0 Å². The summed E-state index contributed by atoms with van der Waals surface area (Å²) in [7, 11) is 3.18. The van der Waals surface area contributed by atoms with Crippen molar-refractivity contribution < 1.29 is 14.3 Å². The van der Waals surface area contributed by atoms with Crippen LogP contribution in [0.5, 0.6) is 11.5 Å². The van der Waals surface area contributed by atoms with Crippen LogP contribution in [0.25, 0.3) is 0 Å². The van der Waals surface area contributed by atoms with E-state index in [0.29, 0.717) is 40.2 Å². The second-order valence-corrected chi connectivity index (χ2v) is 9.03. The molecule has 2 aromatic carbocycles. The average Bonchev–Trinajstić information content (AvgIpc) is 2.75. The third-order valence-corrected chi connectivity index (χ3v) is 6.16. The van der Waals surface area contributed by atoms with Crippen molar-refractivity contribution in [2.75, 3.05) is 26.1 Å². The first-order chi connectivity index (χ1) is 15.8. The molecular formula is C23H19Cl4N3O3. The third-order valence-electron chi connectivity index (χ3n) is 5.34. The number of hydrogen-bond acceptors (Lipinski definition) is 4. The number of halogens is 4. The second-order valence-electron chi connectivity index (χ2n) is 7.38. The summed E-state index contributed by atoms with van der Waals surface area (Å²) in [6.45, 7) is 0.427. The highest BCUT2D eigenvalue weighted by Gasteiger charge is 2.35. The number of methoxy groups -OCH3 is 2. The summed E-state index contributed by atoms with van der Waals surface area (Å²) in [5.41, 5.74) is 3.02. The van der Waals surface area contributed by atoms with E-state index in [1.165, 1.54) is 12.1 Å². The van der Waals surface area contributed by atoms with E-state index in [-0.39, 0.29) is 16.3 Å².